The number of halogens is 3. The summed E-state index contributed by atoms with van der Waals surface area (Å²) in [6, 6.07) is 9.92. The van der Waals surface area contributed by atoms with Crippen LogP contribution in [-0.4, -0.2) is 14.9 Å². The summed E-state index contributed by atoms with van der Waals surface area (Å²) in [6.45, 7) is 0. The van der Waals surface area contributed by atoms with Gasteiger partial charge in [-0.1, -0.05) is 11.6 Å². The van der Waals surface area contributed by atoms with Crippen LogP contribution < -0.4 is 5.32 Å². The van der Waals surface area contributed by atoms with Gasteiger partial charge in [-0.3, -0.25) is 10.1 Å². The van der Waals surface area contributed by atoms with E-state index < -0.39 is 22.2 Å². The van der Waals surface area contributed by atoms with Gasteiger partial charge >= 0.3 is 0 Å². The number of nitrogens with zero attached hydrogens (tertiary/aromatic N) is 3. The molecule has 0 saturated heterocycles. The lowest BCUT2D eigenvalue weighted by molar-refractivity contribution is -0.384. The van der Waals surface area contributed by atoms with Gasteiger partial charge in [0.15, 0.2) is 5.82 Å². The average Bonchev–Trinajstić information content (AvgIpc) is 2.56. The number of hydrogen-bond acceptors (Lipinski definition) is 5. The Kier molecular flexibility index (Phi) is 4.53. The van der Waals surface area contributed by atoms with Crippen molar-refractivity contribution in [3.8, 4) is 11.4 Å². The molecule has 0 atom stereocenters. The molecule has 6 nitrogen and oxygen atoms in total. The normalized spacial score (nSPS) is 10.5. The van der Waals surface area contributed by atoms with Crippen LogP contribution in [0.1, 0.15) is 0 Å². The Balaban J connectivity index is 1.99. The fraction of sp³-hybridized carbons (Fsp3) is 0. The Labute approximate surface area is 145 Å². The van der Waals surface area contributed by atoms with E-state index >= 15 is 0 Å². The van der Waals surface area contributed by atoms with Gasteiger partial charge in [0, 0.05) is 11.6 Å². The van der Waals surface area contributed by atoms with Gasteiger partial charge in [-0.25, -0.2) is 18.7 Å². The molecule has 0 radical (unpaired) electrons. The van der Waals surface area contributed by atoms with Crippen LogP contribution in [0.2, 0.25) is 5.15 Å². The molecule has 0 fully saturated rings. The van der Waals surface area contributed by atoms with Crippen molar-refractivity contribution in [3.05, 3.63) is 75.4 Å². The van der Waals surface area contributed by atoms with E-state index in [2.05, 4.69) is 15.3 Å². The molecule has 0 amide bonds. The Morgan fingerprint density at radius 3 is 2.36 bits per heavy atom. The number of nitro benzene ring substituents is 1. The SMILES string of the molecule is O=[N+]([O-])c1cc(F)ccc1Nc1cc(Cl)nc(-c2ccc(F)cc2)n1. The largest absolute Gasteiger partial charge is 0.334 e. The van der Waals surface area contributed by atoms with Crippen molar-refractivity contribution >= 4 is 28.8 Å². The number of hydrogen-bond donors (Lipinski definition) is 1. The second-order valence-electron chi connectivity index (χ2n) is 4.95. The zero-order valence-electron chi connectivity index (χ0n) is 12.4. The molecule has 2 aromatic carbocycles. The van der Waals surface area contributed by atoms with Gasteiger partial charge in [0.2, 0.25) is 0 Å². The molecule has 0 bridgehead atoms. The second kappa shape index (κ2) is 6.78. The molecule has 1 heterocycles. The van der Waals surface area contributed by atoms with E-state index in [9.17, 15) is 18.9 Å². The third-order valence-electron chi connectivity index (χ3n) is 3.22. The van der Waals surface area contributed by atoms with Crippen molar-refractivity contribution in [2.45, 2.75) is 0 Å². The molecule has 0 unspecified atom stereocenters. The van der Waals surface area contributed by atoms with Gasteiger partial charge < -0.3 is 5.32 Å². The van der Waals surface area contributed by atoms with Gasteiger partial charge in [0.05, 0.1) is 11.0 Å². The van der Waals surface area contributed by atoms with Crippen molar-refractivity contribution in [2.75, 3.05) is 5.32 Å². The van der Waals surface area contributed by atoms with Crippen molar-refractivity contribution in [1.29, 1.82) is 0 Å². The standard InChI is InChI=1S/C16H9ClF2N4O2/c17-14-8-15(20-12-6-5-11(19)7-13(12)23(24)25)22-16(21-14)9-1-3-10(18)4-2-9/h1-8H,(H,20,21,22). The number of nitrogens with one attached hydrogen (secondary N) is 1. The predicted molar refractivity (Wildman–Crippen MR) is 88.8 cm³/mol. The molecule has 9 heteroatoms. The summed E-state index contributed by atoms with van der Waals surface area (Å²) in [5, 5.41) is 13.9. The third-order valence-corrected chi connectivity index (χ3v) is 3.41. The molecule has 0 aliphatic rings. The smallest absolute Gasteiger partial charge is 0.295 e. The van der Waals surface area contributed by atoms with Crippen LogP contribution in [0.25, 0.3) is 11.4 Å². The second-order valence-corrected chi connectivity index (χ2v) is 5.34. The molecule has 0 saturated carbocycles. The molecule has 25 heavy (non-hydrogen) atoms. The summed E-state index contributed by atoms with van der Waals surface area (Å²) >= 11 is 5.97. The fourth-order valence-electron chi connectivity index (χ4n) is 2.11. The molecule has 1 N–H and O–H groups in total. The topological polar surface area (TPSA) is 81.0 Å². The molecular formula is C16H9ClF2N4O2. The van der Waals surface area contributed by atoms with Crippen LogP contribution in [0.3, 0.4) is 0 Å². The number of aromatic nitrogens is 2. The van der Waals surface area contributed by atoms with Crippen molar-refractivity contribution < 1.29 is 13.7 Å². The molecule has 0 spiro atoms. The molecule has 126 valence electrons. The summed E-state index contributed by atoms with van der Waals surface area (Å²) < 4.78 is 26.2. The summed E-state index contributed by atoms with van der Waals surface area (Å²) in [5.74, 6) is -0.759. The maximum absolute atomic E-state index is 13.2. The van der Waals surface area contributed by atoms with Crippen molar-refractivity contribution in [2.24, 2.45) is 0 Å². The molecular weight excluding hydrogens is 354 g/mol. The van der Waals surface area contributed by atoms with Gasteiger partial charge in [-0.15, -0.1) is 0 Å². The highest BCUT2D eigenvalue weighted by Gasteiger charge is 2.16. The number of nitro groups is 1. The Morgan fingerprint density at radius 2 is 1.68 bits per heavy atom. The molecule has 0 aliphatic heterocycles. The van der Waals surface area contributed by atoms with Crippen LogP contribution in [-0.2, 0) is 0 Å². The van der Waals surface area contributed by atoms with Crippen molar-refractivity contribution in [1.82, 2.24) is 9.97 Å². The molecule has 3 aromatic rings. The van der Waals surface area contributed by atoms with E-state index in [0.29, 0.717) is 5.56 Å². The summed E-state index contributed by atoms with van der Waals surface area (Å²) in [5.41, 5.74) is 0.116. The highest BCUT2D eigenvalue weighted by Crippen LogP contribution is 2.29. The maximum atomic E-state index is 13.2. The van der Waals surface area contributed by atoms with Crippen LogP contribution in [0, 0.1) is 21.7 Å². The predicted octanol–water partition coefficient (Wildman–Crippen LogP) is 4.73. The summed E-state index contributed by atoms with van der Waals surface area (Å²) in [4.78, 5) is 18.6. The Hall–Kier alpha value is -3.13. The van der Waals surface area contributed by atoms with E-state index in [0.717, 1.165) is 12.1 Å². The van der Waals surface area contributed by atoms with Crippen LogP contribution in [0.4, 0.5) is 26.0 Å². The minimum atomic E-state index is -0.732. The van der Waals surface area contributed by atoms with Gasteiger partial charge in [-0.2, -0.15) is 0 Å². The minimum Gasteiger partial charge on any atom is -0.334 e. The number of anilines is 2. The van der Waals surface area contributed by atoms with E-state index in [1.807, 2.05) is 0 Å². The first-order valence-electron chi connectivity index (χ1n) is 6.94. The van der Waals surface area contributed by atoms with Gasteiger partial charge in [0.25, 0.3) is 5.69 Å². The molecule has 1 aromatic heterocycles. The monoisotopic (exact) mass is 362 g/mol. The lowest BCUT2D eigenvalue weighted by atomic mass is 10.2. The Morgan fingerprint density at radius 1 is 1.00 bits per heavy atom. The third kappa shape index (κ3) is 3.86. The van der Waals surface area contributed by atoms with Crippen LogP contribution in [0.15, 0.2) is 48.5 Å². The highest BCUT2D eigenvalue weighted by atomic mass is 35.5. The zero-order valence-corrected chi connectivity index (χ0v) is 13.2. The first kappa shape index (κ1) is 16.7. The van der Waals surface area contributed by atoms with E-state index in [-0.39, 0.29) is 22.5 Å². The van der Waals surface area contributed by atoms with Gasteiger partial charge in [0.1, 0.15) is 28.3 Å². The highest BCUT2D eigenvalue weighted by molar-refractivity contribution is 6.29. The van der Waals surface area contributed by atoms with Crippen LogP contribution >= 0.6 is 11.6 Å². The first-order valence-corrected chi connectivity index (χ1v) is 7.31. The van der Waals surface area contributed by atoms with E-state index in [1.165, 1.54) is 36.4 Å². The lowest BCUT2D eigenvalue weighted by Gasteiger charge is -2.09. The molecule has 3 rings (SSSR count). The summed E-state index contributed by atoms with van der Waals surface area (Å²) in [6.07, 6.45) is 0. The zero-order chi connectivity index (χ0) is 18.0. The van der Waals surface area contributed by atoms with E-state index in [4.69, 9.17) is 11.6 Å². The Bertz CT molecular complexity index is 951. The van der Waals surface area contributed by atoms with Crippen molar-refractivity contribution in [3.63, 3.8) is 0 Å². The quantitative estimate of drug-likeness (QED) is 0.412. The van der Waals surface area contributed by atoms with Crippen LogP contribution in [0.5, 0.6) is 0 Å². The van der Waals surface area contributed by atoms with Gasteiger partial charge in [-0.05, 0) is 36.4 Å². The minimum absolute atomic E-state index is 0.0474. The summed E-state index contributed by atoms with van der Waals surface area (Å²) in [7, 11) is 0. The molecule has 0 aliphatic carbocycles. The van der Waals surface area contributed by atoms with E-state index in [1.54, 1.807) is 0 Å². The lowest BCUT2D eigenvalue weighted by Crippen LogP contribution is -2.01. The first-order chi connectivity index (χ1) is 11.9. The number of benzene rings is 2. The number of rotatable bonds is 4. The fourth-order valence-corrected chi connectivity index (χ4v) is 2.29. The maximum Gasteiger partial charge on any atom is 0.295 e. The average molecular weight is 363 g/mol.